The molecule has 1 aliphatic rings. The Balaban J connectivity index is 2.07. The molecule has 4 heteroatoms. The van der Waals surface area contributed by atoms with E-state index in [2.05, 4.69) is 5.32 Å². The summed E-state index contributed by atoms with van der Waals surface area (Å²) in [5.74, 6) is -0.137. The summed E-state index contributed by atoms with van der Waals surface area (Å²) in [6.45, 7) is 5.80. The van der Waals surface area contributed by atoms with Crippen molar-refractivity contribution >= 4 is 17.5 Å². The van der Waals surface area contributed by atoms with Gasteiger partial charge in [-0.05, 0) is 31.0 Å². The first-order valence-electron chi connectivity index (χ1n) is 6.07. The average molecular weight is 268 g/mol. The summed E-state index contributed by atoms with van der Waals surface area (Å²) in [5.41, 5.74) is 1.25. The van der Waals surface area contributed by atoms with Crippen molar-refractivity contribution < 1.29 is 9.90 Å². The second kappa shape index (κ2) is 4.56. The van der Waals surface area contributed by atoms with Gasteiger partial charge in [-0.3, -0.25) is 4.79 Å². The molecule has 1 saturated carbocycles. The number of amides is 1. The molecule has 1 fully saturated rings. The highest BCUT2D eigenvalue weighted by Gasteiger charge is 2.47. The Hall–Kier alpha value is -1.06. The van der Waals surface area contributed by atoms with Gasteiger partial charge in [0.15, 0.2) is 0 Å². The molecule has 3 nitrogen and oxygen atoms in total. The fourth-order valence-electron chi connectivity index (χ4n) is 2.12. The van der Waals surface area contributed by atoms with E-state index >= 15 is 0 Å². The number of halogens is 1. The van der Waals surface area contributed by atoms with Crippen molar-refractivity contribution in [1.29, 1.82) is 0 Å². The molecule has 2 atom stereocenters. The number of benzene rings is 1. The quantitative estimate of drug-likeness (QED) is 0.865. The fraction of sp³-hybridized carbons (Fsp3) is 0.500. The third-order valence-electron chi connectivity index (χ3n) is 3.96. The zero-order chi connectivity index (χ0) is 13.5. The Labute approximate surface area is 112 Å². The van der Waals surface area contributed by atoms with Crippen LogP contribution in [0.4, 0.5) is 0 Å². The lowest BCUT2D eigenvalue weighted by Gasteiger charge is -2.49. The van der Waals surface area contributed by atoms with Crippen LogP contribution in [0.25, 0.3) is 0 Å². The van der Waals surface area contributed by atoms with E-state index < -0.39 is 0 Å². The van der Waals surface area contributed by atoms with Crippen molar-refractivity contribution in [3.05, 3.63) is 34.3 Å². The van der Waals surface area contributed by atoms with Crippen molar-refractivity contribution in [2.24, 2.45) is 5.41 Å². The van der Waals surface area contributed by atoms with Gasteiger partial charge in [0.25, 0.3) is 5.91 Å². The average Bonchev–Trinajstić information content (AvgIpc) is 2.32. The van der Waals surface area contributed by atoms with E-state index in [1.54, 1.807) is 12.1 Å². The van der Waals surface area contributed by atoms with Crippen LogP contribution < -0.4 is 5.32 Å². The third-order valence-corrected chi connectivity index (χ3v) is 4.36. The van der Waals surface area contributed by atoms with Gasteiger partial charge >= 0.3 is 0 Å². The molecule has 1 amide bonds. The number of carbonyl (C=O) groups is 1. The molecule has 0 heterocycles. The number of hydrogen-bond donors (Lipinski definition) is 2. The molecule has 0 spiro atoms. The van der Waals surface area contributed by atoms with E-state index in [0.29, 0.717) is 17.0 Å². The van der Waals surface area contributed by atoms with E-state index in [0.717, 1.165) is 5.56 Å². The van der Waals surface area contributed by atoms with Crippen molar-refractivity contribution in [3.63, 3.8) is 0 Å². The first-order chi connectivity index (χ1) is 8.32. The number of aliphatic hydroxyl groups is 1. The molecule has 2 unspecified atom stereocenters. The van der Waals surface area contributed by atoms with E-state index in [1.165, 1.54) is 0 Å². The number of hydrogen-bond acceptors (Lipinski definition) is 2. The number of aliphatic hydroxyl groups excluding tert-OH is 1. The smallest absolute Gasteiger partial charge is 0.251 e. The Morgan fingerprint density at radius 2 is 2.17 bits per heavy atom. The summed E-state index contributed by atoms with van der Waals surface area (Å²) in [4.78, 5) is 12.1. The van der Waals surface area contributed by atoms with Crippen LogP contribution in [0.15, 0.2) is 18.2 Å². The van der Waals surface area contributed by atoms with Crippen LogP contribution in [0.3, 0.4) is 0 Å². The van der Waals surface area contributed by atoms with Crippen LogP contribution in [-0.2, 0) is 0 Å². The fourth-order valence-corrected chi connectivity index (χ4v) is 2.30. The topological polar surface area (TPSA) is 49.3 Å². The van der Waals surface area contributed by atoms with Gasteiger partial charge in [-0.15, -0.1) is 0 Å². The molecule has 2 N–H and O–H groups in total. The minimum Gasteiger partial charge on any atom is -0.392 e. The summed E-state index contributed by atoms with van der Waals surface area (Å²) in [6.07, 6.45) is 0.266. The molecule has 0 aliphatic heterocycles. The van der Waals surface area contributed by atoms with E-state index in [9.17, 15) is 9.90 Å². The standard InChI is InChI=1S/C14H18ClNO2/c1-8-4-5-9(6-10(8)15)13(18)16-11-7-12(17)14(11,2)3/h4-6,11-12,17H,7H2,1-3H3,(H,16,18). The van der Waals surface area contributed by atoms with Gasteiger partial charge in [-0.1, -0.05) is 31.5 Å². The maximum absolute atomic E-state index is 12.1. The lowest BCUT2D eigenvalue weighted by Crippen LogP contribution is -2.61. The first-order valence-corrected chi connectivity index (χ1v) is 6.45. The maximum atomic E-state index is 12.1. The van der Waals surface area contributed by atoms with Gasteiger partial charge in [-0.25, -0.2) is 0 Å². The number of nitrogens with one attached hydrogen (secondary N) is 1. The van der Waals surface area contributed by atoms with Gasteiger partial charge in [0, 0.05) is 22.0 Å². The van der Waals surface area contributed by atoms with Gasteiger partial charge in [-0.2, -0.15) is 0 Å². The zero-order valence-corrected chi connectivity index (χ0v) is 11.6. The molecular formula is C14H18ClNO2. The van der Waals surface area contributed by atoms with Crippen molar-refractivity contribution in [2.45, 2.75) is 39.3 Å². The summed E-state index contributed by atoms with van der Waals surface area (Å²) < 4.78 is 0. The van der Waals surface area contributed by atoms with E-state index in [4.69, 9.17) is 11.6 Å². The Morgan fingerprint density at radius 3 is 2.67 bits per heavy atom. The number of carbonyl (C=O) groups excluding carboxylic acids is 1. The summed E-state index contributed by atoms with van der Waals surface area (Å²) in [7, 11) is 0. The minimum atomic E-state index is -0.343. The molecule has 1 aromatic rings. The Bertz CT molecular complexity index is 485. The lowest BCUT2D eigenvalue weighted by molar-refractivity contribution is -0.0689. The predicted octanol–water partition coefficient (Wildman–Crippen LogP) is 2.54. The highest BCUT2D eigenvalue weighted by atomic mass is 35.5. The highest BCUT2D eigenvalue weighted by Crippen LogP contribution is 2.40. The molecule has 0 bridgehead atoms. The second-order valence-corrected chi connectivity index (χ2v) is 5.97. The van der Waals surface area contributed by atoms with Crippen molar-refractivity contribution in [1.82, 2.24) is 5.32 Å². The molecule has 2 rings (SSSR count). The van der Waals surface area contributed by atoms with Crippen molar-refractivity contribution in [3.8, 4) is 0 Å². The monoisotopic (exact) mass is 267 g/mol. The molecular weight excluding hydrogens is 250 g/mol. The summed E-state index contributed by atoms with van der Waals surface area (Å²) in [5, 5.41) is 13.2. The molecule has 1 aliphatic carbocycles. The SMILES string of the molecule is Cc1ccc(C(=O)NC2CC(O)C2(C)C)cc1Cl. The largest absolute Gasteiger partial charge is 0.392 e. The molecule has 0 aromatic heterocycles. The number of rotatable bonds is 2. The minimum absolute atomic E-state index is 0.0140. The summed E-state index contributed by atoms with van der Waals surface area (Å²) in [6, 6.07) is 5.28. The lowest BCUT2D eigenvalue weighted by atomic mass is 9.64. The van der Waals surface area contributed by atoms with Crippen LogP contribution >= 0.6 is 11.6 Å². The molecule has 0 radical (unpaired) electrons. The zero-order valence-electron chi connectivity index (χ0n) is 10.8. The van der Waals surface area contributed by atoms with Crippen LogP contribution in [0.1, 0.15) is 36.2 Å². The Kier molecular flexibility index (Phi) is 3.39. The first kappa shape index (κ1) is 13.4. The normalized spacial score (nSPS) is 25.4. The van der Waals surface area contributed by atoms with Gasteiger partial charge in [0.05, 0.1) is 6.10 Å². The maximum Gasteiger partial charge on any atom is 0.251 e. The van der Waals surface area contributed by atoms with Crippen LogP contribution in [0.5, 0.6) is 0 Å². The number of aryl methyl sites for hydroxylation is 1. The molecule has 1 aromatic carbocycles. The van der Waals surface area contributed by atoms with E-state index in [-0.39, 0.29) is 23.5 Å². The summed E-state index contributed by atoms with van der Waals surface area (Å²) >= 11 is 6.00. The van der Waals surface area contributed by atoms with Crippen molar-refractivity contribution in [2.75, 3.05) is 0 Å². The van der Waals surface area contributed by atoms with Gasteiger partial charge < -0.3 is 10.4 Å². The van der Waals surface area contributed by atoms with Crippen LogP contribution in [-0.4, -0.2) is 23.2 Å². The Morgan fingerprint density at radius 1 is 1.50 bits per heavy atom. The van der Waals surface area contributed by atoms with Gasteiger partial charge in [0.2, 0.25) is 0 Å². The molecule has 0 saturated heterocycles. The van der Waals surface area contributed by atoms with E-state index in [1.807, 2.05) is 26.8 Å². The van der Waals surface area contributed by atoms with Crippen LogP contribution in [0.2, 0.25) is 5.02 Å². The third kappa shape index (κ3) is 2.25. The van der Waals surface area contributed by atoms with Crippen LogP contribution in [0, 0.1) is 12.3 Å². The molecule has 98 valence electrons. The second-order valence-electron chi connectivity index (χ2n) is 5.56. The predicted molar refractivity (Wildman–Crippen MR) is 71.8 cm³/mol. The molecule has 18 heavy (non-hydrogen) atoms. The highest BCUT2D eigenvalue weighted by molar-refractivity contribution is 6.31. The van der Waals surface area contributed by atoms with Gasteiger partial charge in [0.1, 0.15) is 0 Å².